The molecule has 1 aliphatic rings. The zero-order valence-corrected chi connectivity index (χ0v) is 12.2. The van der Waals surface area contributed by atoms with E-state index in [4.69, 9.17) is 9.84 Å². The summed E-state index contributed by atoms with van der Waals surface area (Å²) >= 11 is 0. The first-order valence-electron chi connectivity index (χ1n) is 7.38. The molecule has 1 saturated heterocycles. The van der Waals surface area contributed by atoms with Gasteiger partial charge in [-0.3, -0.25) is 9.78 Å². The lowest BCUT2D eigenvalue weighted by Crippen LogP contribution is -2.41. The Balaban J connectivity index is 1.60. The number of carbonyl (C=O) groups is 1. The SMILES string of the molecule is O=C(NCCO)[C@@H]1C[C@@H](Oc2ccc3cnccc3c2)CN1. The number of aliphatic hydroxyl groups is 1. The molecule has 2 heterocycles. The van der Waals surface area contributed by atoms with Crippen molar-refractivity contribution >= 4 is 16.7 Å². The van der Waals surface area contributed by atoms with Crippen LogP contribution >= 0.6 is 0 Å². The fourth-order valence-corrected chi connectivity index (χ4v) is 2.62. The summed E-state index contributed by atoms with van der Waals surface area (Å²) < 4.78 is 5.96. The highest BCUT2D eigenvalue weighted by Gasteiger charge is 2.30. The summed E-state index contributed by atoms with van der Waals surface area (Å²) in [4.78, 5) is 15.9. The standard InChI is InChI=1S/C16H19N3O3/c20-6-5-18-16(21)15-8-14(10-19-15)22-13-2-1-12-9-17-4-3-11(12)7-13/h1-4,7,9,14-15,19-20H,5-6,8,10H2,(H,18,21)/t14-,15+/m1/s1. The van der Waals surface area contributed by atoms with Crippen molar-refractivity contribution < 1.29 is 14.6 Å². The van der Waals surface area contributed by atoms with Crippen molar-refractivity contribution in [2.45, 2.75) is 18.6 Å². The van der Waals surface area contributed by atoms with Gasteiger partial charge in [0.2, 0.25) is 5.91 Å². The van der Waals surface area contributed by atoms with Crippen LogP contribution in [0.5, 0.6) is 5.75 Å². The molecule has 2 atom stereocenters. The van der Waals surface area contributed by atoms with E-state index >= 15 is 0 Å². The molecule has 0 spiro atoms. The van der Waals surface area contributed by atoms with Gasteiger partial charge < -0.3 is 20.5 Å². The maximum atomic E-state index is 11.8. The molecule has 0 aliphatic carbocycles. The molecule has 116 valence electrons. The lowest BCUT2D eigenvalue weighted by Gasteiger charge is -2.13. The van der Waals surface area contributed by atoms with Gasteiger partial charge in [-0.1, -0.05) is 0 Å². The van der Waals surface area contributed by atoms with E-state index in [-0.39, 0.29) is 31.2 Å². The van der Waals surface area contributed by atoms with E-state index in [0.29, 0.717) is 13.0 Å². The number of hydrogen-bond donors (Lipinski definition) is 3. The van der Waals surface area contributed by atoms with Crippen LogP contribution in [0.4, 0.5) is 0 Å². The number of pyridine rings is 1. The molecule has 6 nitrogen and oxygen atoms in total. The Bertz CT molecular complexity index is 662. The van der Waals surface area contributed by atoms with Gasteiger partial charge in [0, 0.05) is 37.3 Å². The number of benzene rings is 1. The predicted molar refractivity (Wildman–Crippen MR) is 82.7 cm³/mol. The summed E-state index contributed by atoms with van der Waals surface area (Å²) in [6.45, 7) is 0.858. The Morgan fingerprint density at radius 2 is 2.32 bits per heavy atom. The second-order valence-corrected chi connectivity index (χ2v) is 5.34. The van der Waals surface area contributed by atoms with Gasteiger partial charge in [-0.05, 0) is 29.7 Å². The van der Waals surface area contributed by atoms with Crippen LogP contribution in [0.2, 0.25) is 0 Å². The van der Waals surface area contributed by atoms with Crippen LogP contribution in [0.25, 0.3) is 10.8 Å². The third-order valence-corrected chi connectivity index (χ3v) is 3.73. The molecule has 2 aromatic rings. The number of amides is 1. The van der Waals surface area contributed by atoms with Crippen molar-refractivity contribution in [2.75, 3.05) is 19.7 Å². The molecule has 0 saturated carbocycles. The monoisotopic (exact) mass is 301 g/mol. The molecular formula is C16H19N3O3. The van der Waals surface area contributed by atoms with E-state index < -0.39 is 0 Å². The Labute approximate surface area is 128 Å². The zero-order valence-electron chi connectivity index (χ0n) is 12.2. The Hall–Kier alpha value is -2.18. The Morgan fingerprint density at radius 3 is 3.18 bits per heavy atom. The molecule has 0 unspecified atom stereocenters. The maximum Gasteiger partial charge on any atom is 0.237 e. The Kier molecular flexibility index (Phi) is 4.50. The van der Waals surface area contributed by atoms with Gasteiger partial charge in [0.1, 0.15) is 11.9 Å². The summed E-state index contributed by atoms with van der Waals surface area (Å²) in [6, 6.07) is 7.56. The number of ether oxygens (including phenoxy) is 1. The fraction of sp³-hybridized carbons (Fsp3) is 0.375. The Morgan fingerprint density at radius 1 is 1.41 bits per heavy atom. The van der Waals surface area contributed by atoms with Gasteiger partial charge >= 0.3 is 0 Å². The van der Waals surface area contributed by atoms with Crippen molar-refractivity contribution in [2.24, 2.45) is 0 Å². The first kappa shape index (κ1) is 14.7. The van der Waals surface area contributed by atoms with Crippen LogP contribution < -0.4 is 15.4 Å². The van der Waals surface area contributed by atoms with Crippen LogP contribution in [-0.4, -0.2) is 47.8 Å². The van der Waals surface area contributed by atoms with E-state index in [2.05, 4.69) is 15.6 Å². The number of nitrogens with one attached hydrogen (secondary N) is 2. The van der Waals surface area contributed by atoms with Crippen molar-refractivity contribution in [3.63, 3.8) is 0 Å². The molecule has 22 heavy (non-hydrogen) atoms. The van der Waals surface area contributed by atoms with Crippen LogP contribution in [0.3, 0.4) is 0 Å². The number of fused-ring (bicyclic) bond motifs is 1. The summed E-state index contributed by atoms with van der Waals surface area (Å²) in [5.74, 6) is 0.701. The molecule has 0 radical (unpaired) electrons. The lowest BCUT2D eigenvalue weighted by atomic mass is 10.1. The van der Waals surface area contributed by atoms with Gasteiger partial charge in [-0.15, -0.1) is 0 Å². The van der Waals surface area contributed by atoms with Crippen LogP contribution in [0, 0.1) is 0 Å². The van der Waals surface area contributed by atoms with E-state index in [1.807, 2.05) is 30.5 Å². The summed E-state index contributed by atoms with van der Waals surface area (Å²) in [6.07, 6.45) is 4.15. The average molecular weight is 301 g/mol. The number of carbonyl (C=O) groups excluding carboxylic acids is 1. The molecule has 1 aromatic carbocycles. The smallest absolute Gasteiger partial charge is 0.237 e. The maximum absolute atomic E-state index is 11.8. The number of nitrogens with zero attached hydrogens (tertiary/aromatic N) is 1. The zero-order chi connectivity index (χ0) is 15.4. The summed E-state index contributed by atoms with van der Waals surface area (Å²) in [5.41, 5.74) is 0. The van der Waals surface area contributed by atoms with E-state index in [0.717, 1.165) is 16.5 Å². The van der Waals surface area contributed by atoms with Gasteiger partial charge in [-0.25, -0.2) is 0 Å². The lowest BCUT2D eigenvalue weighted by molar-refractivity contribution is -0.123. The van der Waals surface area contributed by atoms with E-state index in [1.165, 1.54) is 0 Å². The van der Waals surface area contributed by atoms with Gasteiger partial charge in [-0.2, -0.15) is 0 Å². The minimum atomic E-state index is -0.263. The third kappa shape index (κ3) is 3.35. The predicted octanol–water partition coefficient (Wildman–Crippen LogP) is 0.453. The molecule has 0 bridgehead atoms. The topological polar surface area (TPSA) is 83.5 Å². The normalized spacial score (nSPS) is 21.0. The molecule has 1 fully saturated rings. The summed E-state index contributed by atoms with van der Waals surface area (Å²) in [7, 11) is 0. The van der Waals surface area contributed by atoms with Gasteiger partial charge in [0.25, 0.3) is 0 Å². The second kappa shape index (κ2) is 6.72. The van der Waals surface area contributed by atoms with Crippen molar-refractivity contribution in [1.29, 1.82) is 0 Å². The van der Waals surface area contributed by atoms with E-state index in [9.17, 15) is 4.79 Å². The number of aliphatic hydroxyl groups excluding tert-OH is 1. The minimum Gasteiger partial charge on any atom is -0.489 e. The fourth-order valence-electron chi connectivity index (χ4n) is 2.62. The number of rotatable bonds is 5. The van der Waals surface area contributed by atoms with Crippen molar-refractivity contribution in [1.82, 2.24) is 15.6 Å². The molecule has 6 heteroatoms. The highest BCUT2D eigenvalue weighted by atomic mass is 16.5. The molecule has 1 aromatic heterocycles. The molecule has 1 amide bonds. The highest BCUT2D eigenvalue weighted by Crippen LogP contribution is 2.22. The van der Waals surface area contributed by atoms with Gasteiger partial charge in [0.05, 0.1) is 12.6 Å². The molecule has 3 rings (SSSR count). The first-order valence-corrected chi connectivity index (χ1v) is 7.38. The number of hydrogen-bond acceptors (Lipinski definition) is 5. The molecule has 1 aliphatic heterocycles. The van der Waals surface area contributed by atoms with Crippen LogP contribution in [0.1, 0.15) is 6.42 Å². The highest BCUT2D eigenvalue weighted by molar-refractivity contribution is 5.83. The summed E-state index contributed by atoms with van der Waals surface area (Å²) in [5, 5.41) is 16.7. The largest absolute Gasteiger partial charge is 0.489 e. The quantitative estimate of drug-likeness (QED) is 0.747. The van der Waals surface area contributed by atoms with Crippen molar-refractivity contribution in [3.8, 4) is 5.75 Å². The average Bonchev–Trinajstić information content (AvgIpc) is 3.01. The van der Waals surface area contributed by atoms with Crippen LogP contribution in [0.15, 0.2) is 36.7 Å². The third-order valence-electron chi connectivity index (χ3n) is 3.73. The number of aromatic nitrogens is 1. The van der Waals surface area contributed by atoms with Crippen molar-refractivity contribution in [3.05, 3.63) is 36.7 Å². The minimum absolute atomic E-state index is 0.0378. The molecular weight excluding hydrogens is 282 g/mol. The van der Waals surface area contributed by atoms with E-state index in [1.54, 1.807) is 6.20 Å². The molecule has 3 N–H and O–H groups in total. The van der Waals surface area contributed by atoms with Gasteiger partial charge in [0.15, 0.2) is 0 Å². The van der Waals surface area contributed by atoms with Crippen LogP contribution in [-0.2, 0) is 4.79 Å². The first-order chi connectivity index (χ1) is 10.8. The second-order valence-electron chi connectivity index (χ2n) is 5.34.